The Balaban J connectivity index is 1.41. The molecule has 0 spiro atoms. The standard InChI is InChI=1S/C16H23N3O3/c1-21-8-12-13(11-2-7-22-14(11)12)18-15(20)16(3-4-16)9-19-6-5-17-10-19/h5-6,10-14H,2-4,7-9H2,1H3,(H,18,20)/t11-,12+,13+,14-/m1/s1. The lowest BCUT2D eigenvalue weighted by molar-refractivity contribution is -0.135. The normalized spacial score (nSPS) is 34.8. The van der Waals surface area contributed by atoms with Gasteiger partial charge < -0.3 is 19.4 Å². The van der Waals surface area contributed by atoms with Crippen molar-refractivity contribution in [2.24, 2.45) is 17.3 Å². The minimum Gasteiger partial charge on any atom is -0.384 e. The maximum atomic E-state index is 12.8. The van der Waals surface area contributed by atoms with E-state index in [1.165, 1.54) is 0 Å². The Kier molecular flexibility index (Phi) is 3.46. The maximum Gasteiger partial charge on any atom is 0.228 e. The van der Waals surface area contributed by atoms with Crippen molar-refractivity contribution in [1.29, 1.82) is 0 Å². The first-order chi connectivity index (χ1) is 10.7. The first-order valence-corrected chi connectivity index (χ1v) is 8.11. The number of amides is 1. The lowest BCUT2D eigenvalue weighted by atomic mass is 9.67. The summed E-state index contributed by atoms with van der Waals surface area (Å²) in [7, 11) is 1.71. The average Bonchev–Trinajstić information content (AvgIpc) is 2.94. The van der Waals surface area contributed by atoms with Crippen LogP contribution in [-0.2, 0) is 20.8 Å². The molecule has 1 aromatic heterocycles. The van der Waals surface area contributed by atoms with Crippen molar-refractivity contribution >= 4 is 5.91 Å². The number of hydrogen-bond donors (Lipinski definition) is 1. The van der Waals surface area contributed by atoms with E-state index in [1.807, 2.05) is 10.8 Å². The minimum absolute atomic E-state index is 0.192. The van der Waals surface area contributed by atoms with Gasteiger partial charge in [0.1, 0.15) is 0 Å². The molecule has 0 bridgehead atoms. The average molecular weight is 305 g/mol. The Labute approximate surface area is 130 Å². The van der Waals surface area contributed by atoms with Gasteiger partial charge in [-0.15, -0.1) is 0 Å². The molecule has 1 aromatic rings. The first kappa shape index (κ1) is 14.2. The van der Waals surface area contributed by atoms with E-state index in [0.717, 1.165) is 32.4 Å². The molecule has 0 radical (unpaired) electrons. The third-order valence-electron chi connectivity index (χ3n) is 5.56. The predicted octanol–water partition coefficient (Wildman–Crippen LogP) is 0.829. The Morgan fingerprint density at radius 3 is 3.09 bits per heavy atom. The van der Waals surface area contributed by atoms with Crippen LogP contribution >= 0.6 is 0 Å². The molecule has 3 aliphatic rings. The quantitative estimate of drug-likeness (QED) is 0.845. The second kappa shape index (κ2) is 5.35. The van der Waals surface area contributed by atoms with E-state index in [1.54, 1.807) is 19.6 Å². The molecule has 22 heavy (non-hydrogen) atoms. The molecule has 120 valence electrons. The van der Waals surface area contributed by atoms with Crippen molar-refractivity contribution in [2.45, 2.75) is 38.0 Å². The van der Waals surface area contributed by atoms with E-state index in [9.17, 15) is 4.79 Å². The van der Waals surface area contributed by atoms with Crippen molar-refractivity contribution in [3.05, 3.63) is 18.7 Å². The van der Waals surface area contributed by atoms with Crippen molar-refractivity contribution in [1.82, 2.24) is 14.9 Å². The number of nitrogens with one attached hydrogen (secondary N) is 1. The fourth-order valence-electron chi connectivity index (χ4n) is 4.08. The molecular formula is C16H23N3O3. The third kappa shape index (κ3) is 2.25. The Morgan fingerprint density at radius 2 is 2.41 bits per heavy atom. The summed E-state index contributed by atoms with van der Waals surface area (Å²) in [5.41, 5.74) is -0.233. The molecule has 2 aliphatic carbocycles. The van der Waals surface area contributed by atoms with Gasteiger partial charge in [0, 0.05) is 50.5 Å². The summed E-state index contributed by atoms with van der Waals surface area (Å²) in [5.74, 6) is 0.955. The molecular weight excluding hydrogens is 282 g/mol. The monoisotopic (exact) mass is 305 g/mol. The van der Waals surface area contributed by atoms with Crippen LogP contribution in [0.3, 0.4) is 0 Å². The van der Waals surface area contributed by atoms with Gasteiger partial charge in [0.25, 0.3) is 0 Å². The topological polar surface area (TPSA) is 65.4 Å². The highest BCUT2D eigenvalue weighted by atomic mass is 16.5. The second-order valence-corrected chi connectivity index (χ2v) is 6.92. The zero-order valence-electron chi connectivity index (χ0n) is 12.9. The summed E-state index contributed by atoms with van der Waals surface area (Å²) in [4.78, 5) is 16.8. The highest BCUT2D eigenvalue weighted by molar-refractivity contribution is 5.85. The van der Waals surface area contributed by atoms with E-state index in [2.05, 4.69) is 10.3 Å². The van der Waals surface area contributed by atoms with Gasteiger partial charge in [-0.1, -0.05) is 0 Å². The van der Waals surface area contributed by atoms with Crippen LogP contribution in [0, 0.1) is 17.3 Å². The number of fused-ring (bicyclic) bond motifs is 1. The molecule has 4 atom stereocenters. The van der Waals surface area contributed by atoms with Crippen LogP contribution in [0.15, 0.2) is 18.7 Å². The molecule has 3 fully saturated rings. The molecule has 6 nitrogen and oxygen atoms in total. The van der Waals surface area contributed by atoms with Crippen LogP contribution in [0.25, 0.3) is 0 Å². The summed E-state index contributed by atoms with van der Waals surface area (Å²) in [6, 6.07) is 0.209. The van der Waals surface area contributed by atoms with Gasteiger partial charge in [0.05, 0.1) is 24.5 Å². The fourth-order valence-corrected chi connectivity index (χ4v) is 4.08. The molecule has 0 unspecified atom stereocenters. The van der Waals surface area contributed by atoms with Gasteiger partial charge in [0.15, 0.2) is 0 Å². The summed E-state index contributed by atoms with van der Waals surface area (Å²) >= 11 is 0. The smallest absolute Gasteiger partial charge is 0.228 e. The van der Waals surface area contributed by atoms with E-state index in [4.69, 9.17) is 9.47 Å². The maximum absolute atomic E-state index is 12.8. The number of carbonyl (C=O) groups is 1. The molecule has 6 heteroatoms. The number of nitrogens with zero attached hydrogens (tertiary/aromatic N) is 2. The van der Waals surface area contributed by atoms with Crippen molar-refractivity contribution in [2.75, 3.05) is 20.3 Å². The van der Waals surface area contributed by atoms with Crippen LogP contribution in [0.2, 0.25) is 0 Å². The number of imidazole rings is 1. The first-order valence-electron chi connectivity index (χ1n) is 8.11. The lowest BCUT2D eigenvalue weighted by Gasteiger charge is -2.47. The summed E-state index contributed by atoms with van der Waals surface area (Å²) in [6.45, 7) is 2.19. The molecule has 1 aliphatic heterocycles. The van der Waals surface area contributed by atoms with E-state index >= 15 is 0 Å². The highest BCUT2D eigenvalue weighted by Gasteiger charge is 2.57. The summed E-state index contributed by atoms with van der Waals surface area (Å²) in [6.07, 6.45) is 8.71. The summed E-state index contributed by atoms with van der Waals surface area (Å²) < 4.78 is 13.1. The number of carbonyl (C=O) groups excluding carboxylic acids is 1. The van der Waals surface area contributed by atoms with Gasteiger partial charge >= 0.3 is 0 Å². The number of hydrogen-bond acceptors (Lipinski definition) is 4. The van der Waals surface area contributed by atoms with Gasteiger partial charge in [-0.05, 0) is 19.3 Å². The van der Waals surface area contributed by atoms with E-state index in [0.29, 0.717) is 18.4 Å². The molecule has 1 N–H and O–H groups in total. The highest BCUT2D eigenvalue weighted by Crippen LogP contribution is 2.49. The zero-order valence-corrected chi connectivity index (χ0v) is 12.9. The van der Waals surface area contributed by atoms with Gasteiger partial charge in [-0.25, -0.2) is 4.98 Å². The second-order valence-electron chi connectivity index (χ2n) is 6.92. The van der Waals surface area contributed by atoms with Crippen LogP contribution < -0.4 is 5.32 Å². The lowest BCUT2D eigenvalue weighted by Crippen LogP contribution is -2.63. The molecule has 0 aromatic carbocycles. The van der Waals surface area contributed by atoms with E-state index < -0.39 is 0 Å². The molecule has 2 heterocycles. The number of rotatable bonds is 6. The SMILES string of the molecule is COC[C@H]1[C@@H](NC(=O)C2(Cn3ccnc3)CC2)[C@H]2CCO[C@H]21. The number of ether oxygens (including phenoxy) is 2. The Bertz CT molecular complexity index is 541. The Morgan fingerprint density at radius 1 is 1.55 bits per heavy atom. The number of aromatic nitrogens is 2. The fraction of sp³-hybridized carbons (Fsp3) is 0.750. The summed E-state index contributed by atoms with van der Waals surface area (Å²) in [5, 5.41) is 3.31. The van der Waals surface area contributed by atoms with E-state index in [-0.39, 0.29) is 23.5 Å². The molecule has 2 saturated carbocycles. The molecule has 4 rings (SSSR count). The Hall–Kier alpha value is -1.40. The predicted molar refractivity (Wildman–Crippen MR) is 79.0 cm³/mol. The van der Waals surface area contributed by atoms with Gasteiger partial charge in [0.2, 0.25) is 5.91 Å². The van der Waals surface area contributed by atoms with Crippen LogP contribution in [0.5, 0.6) is 0 Å². The zero-order chi connectivity index (χ0) is 15.2. The van der Waals surface area contributed by atoms with Crippen molar-refractivity contribution in [3.8, 4) is 0 Å². The van der Waals surface area contributed by atoms with Crippen molar-refractivity contribution in [3.63, 3.8) is 0 Å². The number of methoxy groups -OCH3 is 1. The van der Waals surface area contributed by atoms with Crippen LogP contribution in [0.1, 0.15) is 19.3 Å². The van der Waals surface area contributed by atoms with Crippen LogP contribution in [0.4, 0.5) is 0 Å². The van der Waals surface area contributed by atoms with Gasteiger partial charge in [-0.3, -0.25) is 4.79 Å². The molecule has 1 saturated heterocycles. The molecule has 1 amide bonds. The van der Waals surface area contributed by atoms with Crippen molar-refractivity contribution < 1.29 is 14.3 Å². The van der Waals surface area contributed by atoms with Crippen LogP contribution in [-0.4, -0.2) is 47.9 Å². The largest absolute Gasteiger partial charge is 0.384 e. The minimum atomic E-state index is -0.233. The van der Waals surface area contributed by atoms with Gasteiger partial charge in [-0.2, -0.15) is 0 Å². The third-order valence-corrected chi connectivity index (χ3v) is 5.56.